The summed E-state index contributed by atoms with van der Waals surface area (Å²) in [7, 11) is 0. The van der Waals surface area contributed by atoms with Crippen LogP contribution in [0.5, 0.6) is 0 Å². The lowest BCUT2D eigenvalue weighted by atomic mass is 9.99. The Kier molecular flexibility index (Phi) is 6.20. The van der Waals surface area contributed by atoms with Crippen LogP contribution in [0.1, 0.15) is 43.5 Å². The molecule has 1 atom stereocenters. The molecule has 0 amide bonds. The fourth-order valence-electron chi connectivity index (χ4n) is 4.29. The van der Waals surface area contributed by atoms with Crippen LogP contribution in [-0.4, -0.2) is 24.9 Å². The molecule has 1 aromatic carbocycles. The van der Waals surface area contributed by atoms with Gasteiger partial charge in [-0.3, -0.25) is 19.0 Å². The van der Waals surface area contributed by atoms with Crippen molar-refractivity contribution in [1.82, 2.24) is 24.9 Å². The second-order valence-electron chi connectivity index (χ2n) is 9.78. The van der Waals surface area contributed by atoms with Gasteiger partial charge in [0, 0.05) is 17.3 Å². The Morgan fingerprint density at radius 1 is 1.21 bits per heavy atom. The molecule has 0 aliphatic carbocycles. The molecule has 0 aliphatic rings. The van der Waals surface area contributed by atoms with Crippen molar-refractivity contribution in [2.45, 2.75) is 46.3 Å². The molecule has 0 aliphatic heterocycles. The van der Waals surface area contributed by atoms with Gasteiger partial charge in [0.05, 0.1) is 28.9 Å². The van der Waals surface area contributed by atoms with E-state index in [1.165, 1.54) is 0 Å². The van der Waals surface area contributed by atoms with Crippen molar-refractivity contribution in [3.63, 3.8) is 0 Å². The Morgan fingerprint density at radius 2 is 1.97 bits per heavy atom. The lowest BCUT2D eigenvalue weighted by Gasteiger charge is -2.20. The molecule has 12 heteroatoms. The van der Waals surface area contributed by atoms with E-state index in [0.29, 0.717) is 39.2 Å². The number of hydrogen-bond donors (Lipinski definition) is 3. The van der Waals surface area contributed by atoms with Crippen LogP contribution in [0.4, 0.5) is 5.69 Å². The molecule has 5 aromatic rings. The van der Waals surface area contributed by atoms with Crippen molar-refractivity contribution in [2.75, 3.05) is 5.32 Å². The van der Waals surface area contributed by atoms with Crippen LogP contribution in [0.3, 0.4) is 0 Å². The summed E-state index contributed by atoms with van der Waals surface area (Å²) in [6.45, 7) is 9.24. The maximum absolute atomic E-state index is 13.5. The third-order valence-corrected chi connectivity index (χ3v) is 6.40. The minimum absolute atomic E-state index is 0.130. The molecule has 38 heavy (non-hydrogen) atoms. The molecule has 4 N–H and O–H groups in total. The van der Waals surface area contributed by atoms with Gasteiger partial charge in [0.15, 0.2) is 5.43 Å². The van der Waals surface area contributed by atoms with E-state index in [-0.39, 0.29) is 22.4 Å². The number of aromatic nitrogens is 5. The van der Waals surface area contributed by atoms with Crippen molar-refractivity contribution < 1.29 is 8.94 Å². The van der Waals surface area contributed by atoms with E-state index in [0.717, 1.165) is 11.1 Å². The molecule has 11 nitrogen and oxygen atoms in total. The summed E-state index contributed by atoms with van der Waals surface area (Å²) in [6, 6.07) is 6.75. The Balaban J connectivity index is 1.63. The number of nitrogens with zero attached hydrogens (tertiary/aromatic N) is 4. The molecule has 4 heterocycles. The molecule has 0 saturated heterocycles. The predicted molar refractivity (Wildman–Crippen MR) is 144 cm³/mol. The fraction of sp³-hybridized carbons (Fsp3) is 0.269. The first kappa shape index (κ1) is 25.4. The van der Waals surface area contributed by atoms with Gasteiger partial charge in [-0.15, -0.1) is 0 Å². The van der Waals surface area contributed by atoms with E-state index < -0.39 is 11.4 Å². The topological polar surface area (TPSA) is 158 Å². The van der Waals surface area contributed by atoms with E-state index in [9.17, 15) is 9.59 Å². The first-order valence-corrected chi connectivity index (χ1v) is 12.2. The fourth-order valence-corrected chi connectivity index (χ4v) is 4.44. The number of fused-ring (bicyclic) bond motifs is 1. The van der Waals surface area contributed by atoms with Crippen LogP contribution < -0.4 is 22.2 Å². The normalized spacial score (nSPS) is 12.7. The summed E-state index contributed by atoms with van der Waals surface area (Å²) in [5, 5.41) is 12.2. The molecule has 0 saturated carbocycles. The number of aromatic amines is 1. The largest absolute Gasteiger partial charge is 0.455 e. The molecule has 5 rings (SSSR count). The van der Waals surface area contributed by atoms with Gasteiger partial charge in [-0.1, -0.05) is 22.8 Å². The van der Waals surface area contributed by atoms with Crippen molar-refractivity contribution in [3.8, 4) is 22.8 Å². The average Bonchev–Trinajstić information content (AvgIpc) is 3.52. The van der Waals surface area contributed by atoms with E-state index >= 15 is 0 Å². The van der Waals surface area contributed by atoms with Crippen LogP contribution >= 0.6 is 11.6 Å². The smallest absolute Gasteiger partial charge is 0.439 e. The van der Waals surface area contributed by atoms with E-state index in [1.54, 1.807) is 36.1 Å². The highest BCUT2D eigenvalue weighted by Gasteiger charge is 2.22. The number of H-pyrrole nitrogens is 1. The van der Waals surface area contributed by atoms with Gasteiger partial charge < -0.3 is 15.5 Å². The number of aryl methyl sites for hydroxylation is 1. The zero-order chi connectivity index (χ0) is 27.4. The van der Waals surface area contributed by atoms with Crippen molar-refractivity contribution >= 4 is 28.3 Å². The molecule has 0 radical (unpaired) electrons. The zero-order valence-electron chi connectivity index (χ0n) is 21.4. The number of pyridine rings is 1. The summed E-state index contributed by atoms with van der Waals surface area (Å²) in [4.78, 5) is 31.8. The number of halogens is 1. The summed E-state index contributed by atoms with van der Waals surface area (Å²) < 4.78 is 12.7. The quantitative estimate of drug-likeness (QED) is 0.266. The van der Waals surface area contributed by atoms with Gasteiger partial charge in [0.25, 0.3) is 0 Å². The number of nitrogens with one attached hydrogen (secondary N) is 2. The molecule has 0 unspecified atom stereocenters. The third kappa shape index (κ3) is 4.61. The number of hydrogen-bond acceptors (Lipinski definition) is 9. The Bertz CT molecular complexity index is 1790. The van der Waals surface area contributed by atoms with Crippen LogP contribution in [0.15, 0.2) is 55.2 Å². The van der Waals surface area contributed by atoms with E-state index in [1.807, 2.05) is 39.8 Å². The molecular weight excluding hydrogens is 510 g/mol. The van der Waals surface area contributed by atoms with Crippen LogP contribution in [0.2, 0.25) is 5.15 Å². The highest BCUT2D eigenvalue weighted by Crippen LogP contribution is 2.34. The third-order valence-electron chi connectivity index (χ3n) is 6.19. The van der Waals surface area contributed by atoms with E-state index in [4.69, 9.17) is 21.8 Å². The lowest BCUT2D eigenvalue weighted by molar-refractivity contribution is 0.333. The molecule has 0 fully saturated rings. The SMILES string of the molecule is Cc1cc([C@@H](C)Nc2ccc(Cl)nc2-c2noc(=O)[nH]2)c2oc(-c3cnn(C(C)(C)N)c3)c(C)c(=O)c2c1. The summed E-state index contributed by atoms with van der Waals surface area (Å²) in [5.74, 6) is -0.161. The van der Waals surface area contributed by atoms with Gasteiger partial charge in [0.1, 0.15) is 27.9 Å². The number of nitrogens with two attached hydrogens (primary N) is 1. The molecule has 0 bridgehead atoms. The zero-order valence-corrected chi connectivity index (χ0v) is 22.2. The molecule has 0 spiro atoms. The Morgan fingerprint density at radius 3 is 2.63 bits per heavy atom. The first-order chi connectivity index (χ1) is 17.9. The highest BCUT2D eigenvalue weighted by atomic mass is 35.5. The Hall–Kier alpha value is -4.22. The van der Waals surface area contributed by atoms with Gasteiger partial charge in [0.2, 0.25) is 5.82 Å². The predicted octanol–water partition coefficient (Wildman–Crippen LogP) is 4.49. The Labute approximate surface area is 221 Å². The van der Waals surface area contributed by atoms with Gasteiger partial charge in [-0.05, 0) is 58.4 Å². The molecule has 196 valence electrons. The number of benzene rings is 1. The number of rotatable bonds is 6. The van der Waals surface area contributed by atoms with Crippen LogP contribution in [0, 0.1) is 13.8 Å². The average molecular weight is 536 g/mol. The maximum Gasteiger partial charge on any atom is 0.439 e. The van der Waals surface area contributed by atoms with Crippen LogP contribution in [0.25, 0.3) is 33.8 Å². The number of anilines is 1. The van der Waals surface area contributed by atoms with Gasteiger partial charge in [-0.25, -0.2) is 9.78 Å². The highest BCUT2D eigenvalue weighted by molar-refractivity contribution is 6.29. The lowest BCUT2D eigenvalue weighted by Crippen LogP contribution is -2.36. The first-order valence-electron chi connectivity index (χ1n) is 11.8. The second-order valence-corrected chi connectivity index (χ2v) is 10.2. The van der Waals surface area contributed by atoms with Crippen LogP contribution in [-0.2, 0) is 5.66 Å². The van der Waals surface area contributed by atoms with Gasteiger partial charge >= 0.3 is 5.76 Å². The minimum atomic E-state index is -0.720. The molecular formula is C26H26ClN7O4. The maximum atomic E-state index is 13.5. The van der Waals surface area contributed by atoms with Crippen molar-refractivity contribution in [1.29, 1.82) is 0 Å². The second kappa shape index (κ2) is 9.26. The monoisotopic (exact) mass is 535 g/mol. The summed E-state index contributed by atoms with van der Waals surface area (Å²) in [6.07, 6.45) is 3.39. The van der Waals surface area contributed by atoms with Crippen molar-refractivity contribution in [3.05, 3.63) is 79.3 Å². The van der Waals surface area contributed by atoms with Gasteiger partial charge in [-0.2, -0.15) is 5.10 Å². The van der Waals surface area contributed by atoms with E-state index in [2.05, 4.69) is 30.1 Å². The summed E-state index contributed by atoms with van der Waals surface area (Å²) >= 11 is 6.11. The molecule has 4 aromatic heterocycles. The van der Waals surface area contributed by atoms with Crippen molar-refractivity contribution in [2.24, 2.45) is 5.73 Å². The summed E-state index contributed by atoms with van der Waals surface area (Å²) in [5.41, 5.74) is 9.39. The minimum Gasteiger partial charge on any atom is -0.455 e. The standard InChI is InChI=1S/C26H26ClN7O4/c1-12-8-16(14(3)30-18-6-7-19(27)31-20(18)24-32-25(36)38-33-24)23-17(9-12)21(35)13(2)22(37-23)15-10-29-34(11-15)26(4,5)28/h6-11,14,30H,28H2,1-5H3,(H,32,33,36)/t14-/m1/s1.